The van der Waals surface area contributed by atoms with Crippen LogP contribution in [0, 0.1) is 0 Å². The monoisotopic (exact) mass is 281 g/mol. The van der Waals surface area contributed by atoms with Gasteiger partial charge in [0.15, 0.2) is 0 Å². The van der Waals surface area contributed by atoms with Crippen LogP contribution in [0.15, 0.2) is 54.6 Å². The first-order chi connectivity index (χ1) is 10.3. The fraction of sp³-hybridized carbons (Fsp3) is 0.333. The van der Waals surface area contributed by atoms with Gasteiger partial charge < -0.3 is 15.1 Å². The molecule has 0 bridgehead atoms. The summed E-state index contributed by atoms with van der Waals surface area (Å²) in [6.07, 6.45) is 0. The molecule has 0 aromatic heterocycles. The smallest absolute Gasteiger partial charge is 0.0401 e. The van der Waals surface area contributed by atoms with E-state index in [1.165, 1.54) is 16.9 Å². The minimum Gasteiger partial charge on any atom is -0.381 e. The second kappa shape index (κ2) is 6.64. The molecule has 2 aromatic carbocycles. The molecule has 1 fully saturated rings. The summed E-state index contributed by atoms with van der Waals surface area (Å²) >= 11 is 0. The molecule has 0 aliphatic carbocycles. The van der Waals surface area contributed by atoms with Gasteiger partial charge in [0, 0.05) is 44.1 Å². The number of nitrogens with zero attached hydrogens (tertiary/aromatic N) is 2. The van der Waals surface area contributed by atoms with Gasteiger partial charge in [0.25, 0.3) is 0 Å². The average Bonchev–Trinajstić information content (AvgIpc) is 2.55. The summed E-state index contributed by atoms with van der Waals surface area (Å²) in [4.78, 5) is 4.86. The number of nitrogens with one attached hydrogen (secondary N) is 1. The lowest BCUT2D eigenvalue weighted by Crippen LogP contribution is -2.44. The molecule has 1 aliphatic rings. The minimum absolute atomic E-state index is 0.867. The molecule has 0 spiro atoms. The zero-order valence-electron chi connectivity index (χ0n) is 12.6. The van der Waals surface area contributed by atoms with Crippen molar-refractivity contribution in [3.63, 3.8) is 0 Å². The Labute approximate surface area is 127 Å². The molecule has 3 heteroatoms. The van der Waals surface area contributed by atoms with Crippen LogP contribution in [-0.4, -0.2) is 38.1 Å². The Bertz CT molecular complexity index is 560. The molecule has 0 atom stereocenters. The highest BCUT2D eigenvalue weighted by Crippen LogP contribution is 2.18. The highest BCUT2D eigenvalue weighted by molar-refractivity contribution is 5.50. The Morgan fingerprint density at radius 3 is 2.43 bits per heavy atom. The van der Waals surface area contributed by atoms with Crippen LogP contribution in [-0.2, 0) is 6.54 Å². The zero-order chi connectivity index (χ0) is 14.5. The Balaban J connectivity index is 1.63. The zero-order valence-corrected chi connectivity index (χ0v) is 12.6. The second-order valence-corrected chi connectivity index (χ2v) is 5.68. The van der Waals surface area contributed by atoms with Gasteiger partial charge in [0.05, 0.1) is 0 Å². The summed E-state index contributed by atoms with van der Waals surface area (Å²) in [5, 5.41) is 3.47. The lowest BCUT2D eigenvalue weighted by molar-refractivity contribution is 0.313. The predicted molar refractivity (Wildman–Crippen MR) is 89.9 cm³/mol. The van der Waals surface area contributed by atoms with E-state index in [2.05, 4.69) is 70.7 Å². The van der Waals surface area contributed by atoms with E-state index < -0.39 is 0 Å². The van der Waals surface area contributed by atoms with Crippen molar-refractivity contribution in [3.05, 3.63) is 60.2 Å². The van der Waals surface area contributed by atoms with Crippen LogP contribution in [0.1, 0.15) is 5.56 Å². The van der Waals surface area contributed by atoms with Crippen LogP contribution in [0.25, 0.3) is 0 Å². The standard InChI is InChI=1S/C18H23N3/c1-20-10-12-21(13-11-20)18-9-5-6-16(14-18)15-19-17-7-3-2-4-8-17/h2-9,14,19H,10-13,15H2,1H3. The number of piperazine rings is 1. The summed E-state index contributed by atoms with van der Waals surface area (Å²) in [6, 6.07) is 19.2. The quantitative estimate of drug-likeness (QED) is 0.929. The molecular formula is C18H23N3. The number of benzene rings is 2. The molecule has 1 heterocycles. The summed E-state index contributed by atoms with van der Waals surface area (Å²) in [5.41, 5.74) is 3.84. The molecule has 1 N–H and O–H groups in total. The fourth-order valence-corrected chi connectivity index (χ4v) is 2.69. The van der Waals surface area contributed by atoms with Crippen LogP contribution in [0.4, 0.5) is 11.4 Å². The van der Waals surface area contributed by atoms with Crippen LogP contribution in [0.2, 0.25) is 0 Å². The van der Waals surface area contributed by atoms with Gasteiger partial charge >= 0.3 is 0 Å². The lowest BCUT2D eigenvalue weighted by atomic mass is 10.1. The van der Waals surface area contributed by atoms with E-state index in [1.54, 1.807) is 0 Å². The molecule has 0 saturated carbocycles. The van der Waals surface area contributed by atoms with Crippen molar-refractivity contribution >= 4 is 11.4 Å². The third-order valence-electron chi connectivity index (χ3n) is 4.05. The van der Waals surface area contributed by atoms with Gasteiger partial charge in [0.2, 0.25) is 0 Å². The lowest BCUT2D eigenvalue weighted by Gasteiger charge is -2.34. The Morgan fingerprint density at radius 1 is 0.905 bits per heavy atom. The van der Waals surface area contributed by atoms with Gasteiger partial charge in [-0.3, -0.25) is 0 Å². The van der Waals surface area contributed by atoms with Gasteiger partial charge in [-0.15, -0.1) is 0 Å². The Hall–Kier alpha value is -2.00. The first-order valence-electron chi connectivity index (χ1n) is 7.62. The number of likely N-dealkylation sites (N-methyl/N-ethyl adjacent to an activating group) is 1. The Morgan fingerprint density at radius 2 is 1.67 bits per heavy atom. The molecule has 110 valence electrons. The maximum atomic E-state index is 3.47. The average molecular weight is 281 g/mol. The van der Waals surface area contributed by atoms with E-state index in [1.807, 2.05) is 6.07 Å². The minimum atomic E-state index is 0.867. The van der Waals surface area contributed by atoms with E-state index in [-0.39, 0.29) is 0 Å². The molecule has 21 heavy (non-hydrogen) atoms. The van der Waals surface area contributed by atoms with Gasteiger partial charge in [-0.05, 0) is 36.9 Å². The van der Waals surface area contributed by atoms with Crippen LogP contribution >= 0.6 is 0 Å². The molecule has 0 radical (unpaired) electrons. The molecule has 0 amide bonds. The van der Waals surface area contributed by atoms with Crippen LogP contribution in [0.5, 0.6) is 0 Å². The molecule has 0 unspecified atom stereocenters. The van der Waals surface area contributed by atoms with E-state index in [0.717, 1.165) is 32.7 Å². The highest BCUT2D eigenvalue weighted by Gasteiger charge is 2.14. The Kier molecular flexibility index (Phi) is 4.41. The highest BCUT2D eigenvalue weighted by atomic mass is 15.2. The molecule has 2 aromatic rings. The van der Waals surface area contributed by atoms with Crippen LogP contribution < -0.4 is 10.2 Å². The number of anilines is 2. The number of para-hydroxylation sites is 1. The van der Waals surface area contributed by atoms with Crippen molar-refractivity contribution in [2.75, 3.05) is 43.4 Å². The van der Waals surface area contributed by atoms with Crippen molar-refractivity contribution in [2.45, 2.75) is 6.54 Å². The summed E-state index contributed by atoms with van der Waals surface area (Å²) in [5.74, 6) is 0. The van der Waals surface area contributed by atoms with Crippen molar-refractivity contribution in [1.82, 2.24) is 4.90 Å². The first kappa shape index (κ1) is 14.0. The number of hydrogen-bond donors (Lipinski definition) is 1. The van der Waals surface area contributed by atoms with E-state index in [9.17, 15) is 0 Å². The van der Waals surface area contributed by atoms with Gasteiger partial charge in [-0.2, -0.15) is 0 Å². The largest absolute Gasteiger partial charge is 0.381 e. The molecule has 1 aliphatic heterocycles. The normalized spacial score (nSPS) is 16.0. The molecule has 3 nitrogen and oxygen atoms in total. The predicted octanol–water partition coefficient (Wildman–Crippen LogP) is 3.05. The third-order valence-corrected chi connectivity index (χ3v) is 4.05. The molecule has 3 rings (SSSR count). The second-order valence-electron chi connectivity index (χ2n) is 5.68. The SMILES string of the molecule is CN1CCN(c2cccc(CNc3ccccc3)c2)CC1. The van der Waals surface area contributed by atoms with E-state index in [0.29, 0.717) is 0 Å². The van der Waals surface area contributed by atoms with Gasteiger partial charge in [-0.25, -0.2) is 0 Å². The molecule has 1 saturated heterocycles. The van der Waals surface area contributed by atoms with Crippen molar-refractivity contribution in [1.29, 1.82) is 0 Å². The maximum Gasteiger partial charge on any atom is 0.0401 e. The summed E-state index contributed by atoms with van der Waals surface area (Å²) in [7, 11) is 2.19. The molecular weight excluding hydrogens is 258 g/mol. The van der Waals surface area contributed by atoms with Crippen molar-refractivity contribution in [2.24, 2.45) is 0 Å². The van der Waals surface area contributed by atoms with Crippen molar-refractivity contribution < 1.29 is 0 Å². The summed E-state index contributed by atoms with van der Waals surface area (Å²) in [6.45, 7) is 5.39. The summed E-state index contributed by atoms with van der Waals surface area (Å²) < 4.78 is 0. The van der Waals surface area contributed by atoms with E-state index in [4.69, 9.17) is 0 Å². The van der Waals surface area contributed by atoms with Crippen molar-refractivity contribution in [3.8, 4) is 0 Å². The number of rotatable bonds is 4. The van der Waals surface area contributed by atoms with Gasteiger partial charge in [-0.1, -0.05) is 30.3 Å². The number of hydrogen-bond acceptors (Lipinski definition) is 3. The van der Waals surface area contributed by atoms with E-state index >= 15 is 0 Å². The van der Waals surface area contributed by atoms with Crippen LogP contribution in [0.3, 0.4) is 0 Å². The topological polar surface area (TPSA) is 18.5 Å². The maximum absolute atomic E-state index is 3.47. The fourth-order valence-electron chi connectivity index (χ4n) is 2.69. The first-order valence-corrected chi connectivity index (χ1v) is 7.62. The van der Waals surface area contributed by atoms with Gasteiger partial charge in [0.1, 0.15) is 0 Å². The third kappa shape index (κ3) is 3.76.